The number of rotatable bonds is 4. The maximum atomic E-state index is 3.46. The smallest absolute Gasteiger partial charge is 0.0541 e. The van der Waals surface area contributed by atoms with Gasteiger partial charge in [0.2, 0.25) is 0 Å². The second-order valence-corrected chi connectivity index (χ2v) is 5.25. The third kappa shape index (κ3) is 4.75. The zero-order valence-corrected chi connectivity index (χ0v) is 11.0. The van der Waals surface area contributed by atoms with Crippen LogP contribution < -0.4 is 5.43 Å². The summed E-state index contributed by atoms with van der Waals surface area (Å²) in [5.74, 6) is 0. The van der Waals surface area contributed by atoms with E-state index in [4.69, 9.17) is 0 Å². The van der Waals surface area contributed by atoms with Crippen molar-refractivity contribution in [1.82, 2.24) is 15.6 Å². The minimum Gasteiger partial charge on any atom is -0.236 e. The van der Waals surface area contributed by atoms with E-state index >= 15 is 0 Å². The van der Waals surface area contributed by atoms with Gasteiger partial charge in [-0.15, -0.1) is 0 Å². The summed E-state index contributed by atoms with van der Waals surface area (Å²) < 4.78 is 0. The highest BCUT2D eigenvalue weighted by molar-refractivity contribution is 5.14. The van der Waals surface area contributed by atoms with Crippen LogP contribution in [-0.4, -0.2) is 29.8 Å². The Kier molecular flexibility index (Phi) is 4.47. The lowest BCUT2D eigenvalue weighted by molar-refractivity contribution is -0.0625. The molecule has 1 rings (SSSR count). The van der Waals surface area contributed by atoms with Gasteiger partial charge >= 0.3 is 0 Å². The molecule has 3 nitrogen and oxygen atoms in total. The van der Waals surface area contributed by atoms with Gasteiger partial charge in [0.25, 0.3) is 0 Å². The van der Waals surface area contributed by atoms with Crippen LogP contribution >= 0.6 is 0 Å². The van der Waals surface area contributed by atoms with Gasteiger partial charge in [0, 0.05) is 19.6 Å². The van der Waals surface area contributed by atoms with Crippen molar-refractivity contribution < 1.29 is 0 Å². The van der Waals surface area contributed by atoms with E-state index in [0.717, 1.165) is 6.54 Å². The van der Waals surface area contributed by atoms with Crippen LogP contribution in [0.3, 0.4) is 0 Å². The van der Waals surface area contributed by atoms with Crippen molar-refractivity contribution in [3.8, 4) is 0 Å². The summed E-state index contributed by atoms with van der Waals surface area (Å²) in [6.07, 6.45) is 0. The van der Waals surface area contributed by atoms with Crippen LogP contribution in [0.25, 0.3) is 0 Å². The molecule has 3 heteroatoms. The summed E-state index contributed by atoms with van der Waals surface area (Å²) in [4.78, 5) is 0. The topological polar surface area (TPSA) is 18.5 Å². The molecule has 1 N–H and O–H groups in total. The number of nitrogens with one attached hydrogen (secondary N) is 1. The molecule has 0 atom stereocenters. The fourth-order valence-electron chi connectivity index (χ4n) is 1.42. The van der Waals surface area contributed by atoms with E-state index in [-0.39, 0.29) is 5.54 Å². The maximum Gasteiger partial charge on any atom is 0.0541 e. The molecule has 0 radical (unpaired) electrons. The first-order valence-electron chi connectivity index (χ1n) is 5.65. The zero-order valence-electron chi connectivity index (χ0n) is 11.0. The maximum absolute atomic E-state index is 3.46. The molecule has 0 unspecified atom stereocenters. The molecule has 0 saturated carbocycles. The summed E-state index contributed by atoms with van der Waals surface area (Å²) >= 11 is 0. The molecule has 0 saturated heterocycles. The highest BCUT2D eigenvalue weighted by atomic mass is 15.8. The van der Waals surface area contributed by atoms with E-state index in [9.17, 15) is 0 Å². The Labute approximate surface area is 99.0 Å². The first-order chi connectivity index (χ1) is 7.38. The molecule has 0 heterocycles. The summed E-state index contributed by atoms with van der Waals surface area (Å²) in [7, 11) is 4.09. The van der Waals surface area contributed by atoms with Crippen molar-refractivity contribution in [2.75, 3.05) is 14.1 Å². The van der Waals surface area contributed by atoms with E-state index in [1.807, 2.05) is 20.2 Å². The normalized spacial score (nSPS) is 12.4. The lowest BCUT2D eigenvalue weighted by Crippen LogP contribution is -2.54. The SMILES string of the molecule is CN(C)N(Cc1ccccc1)NC(C)(C)C. The van der Waals surface area contributed by atoms with Gasteiger partial charge in [-0.05, 0) is 26.3 Å². The van der Waals surface area contributed by atoms with Crippen LogP contribution in [0.5, 0.6) is 0 Å². The molecular formula is C13H23N3. The van der Waals surface area contributed by atoms with E-state index < -0.39 is 0 Å². The Morgan fingerprint density at radius 2 is 1.62 bits per heavy atom. The van der Waals surface area contributed by atoms with Crippen molar-refractivity contribution in [3.05, 3.63) is 35.9 Å². The predicted molar refractivity (Wildman–Crippen MR) is 68.6 cm³/mol. The van der Waals surface area contributed by atoms with E-state index in [0.29, 0.717) is 0 Å². The van der Waals surface area contributed by atoms with Gasteiger partial charge in [0.1, 0.15) is 0 Å². The van der Waals surface area contributed by atoms with Gasteiger partial charge in [0.05, 0.1) is 6.54 Å². The number of hydrogen-bond acceptors (Lipinski definition) is 3. The van der Waals surface area contributed by atoms with Crippen molar-refractivity contribution in [3.63, 3.8) is 0 Å². The average molecular weight is 221 g/mol. The van der Waals surface area contributed by atoms with Crippen LogP contribution in [0, 0.1) is 0 Å². The van der Waals surface area contributed by atoms with E-state index in [1.165, 1.54) is 5.56 Å². The Balaban J connectivity index is 2.66. The second kappa shape index (κ2) is 5.43. The quantitative estimate of drug-likeness (QED) is 0.787. The van der Waals surface area contributed by atoms with Crippen molar-refractivity contribution in [2.45, 2.75) is 32.9 Å². The van der Waals surface area contributed by atoms with E-state index in [2.05, 4.69) is 60.6 Å². The Bertz CT molecular complexity index is 301. The standard InChI is InChI=1S/C13H23N3/c1-13(2,3)14-16(15(4)5)11-12-9-7-6-8-10-12/h6-10,14H,11H2,1-5H3. The first kappa shape index (κ1) is 13.2. The lowest BCUT2D eigenvalue weighted by atomic mass is 10.1. The third-order valence-corrected chi connectivity index (χ3v) is 2.12. The zero-order chi connectivity index (χ0) is 12.2. The molecule has 0 aromatic heterocycles. The number of hydrazine groups is 2. The van der Waals surface area contributed by atoms with Crippen molar-refractivity contribution in [2.24, 2.45) is 0 Å². The molecule has 0 bridgehead atoms. The third-order valence-electron chi connectivity index (χ3n) is 2.12. The Hall–Kier alpha value is -0.900. The van der Waals surface area contributed by atoms with Crippen LogP contribution in [0.2, 0.25) is 0 Å². The minimum atomic E-state index is 0.0685. The minimum absolute atomic E-state index is 0.0685. The van der Waals surface area contributed by atoms with Gasteiger partial charge in [-0.1, -0.05) is 30.3 Å². The summed E-state index contributed by atoms with van der Waals surface area (Å²) in [6.45, 7) is 7.35. The number of benzene rings is 1. The highest BCUT2D eigenvalue weighted by Gasteiger charge is 2.16. The molecule has 16 heavy (non-hydrogen) atoms. The molecule has 0 spiro atoms. The molecule has 0 aliphatic rings. The first-order valence-corrected chi connectivity index (χ1v) is 5.65. The second-order valence-electron chi connectivity index (χ2n) is 5.25. The summed E-state index contributed by atoms with van der Waals surface area (Å²) in [5, 5.41) is 4.19. The monoisotopic (exact) mass is 221 g/mol. The fourth-order valence-corrected chi connectivity index (χ4v) is 1.42. The Morgan fingerprint density at radius 1 is 1.06 bits per heavy atom. The summed E-state index contributed by atoms with van der Waals surface area (Å²) in [6, 6.07) is 10.5. The van der Waals surface area contributed by atoms with Gasteiger partial charge in [-0.3, -0.25) is 0 Å². The molecule has 90 valence electrons. The van der Waals surface area contributed by atoms with Crippen LogP contribution in [0.4, 0.5) is 0 Å². The highest BCUT2D eigenvalue weighted by Crippen LogP contribution is 2.07. The van der Waals surface area contributed by atoms with Gasteiger partial charge < -0.3 is 0 Å². The predicted octanol–water partition coefficient (Wildman–Crippen LogP) is 2.27. The lowest BCUT2D eigenvalue weighted by Gasteiger charge is -2.35. The number of hydrogen-bond donors (Lipinski definition) is 1. The molecule has 0 aliphatic heterocycles. The molecule has 0 fully saturated rings. The summed E-state index contributed by atoms with van der Waals surface area (Å²) in [5.41, 5.74) is 4.83. The Morgan fingerprint density at radius 3 is 2.06 bits per heavy atom. The van der Waals surface area contributed by atoms with Gasteiger partial charge in [0.15, 0.2) is 0 Å². The van der Waals surface area contributed by atoms with Crippen molar-refractivity contribution >= 4 is 0 Å². The molecule has 1 aromatic carbocycles. The van der Waals surface area contributed by atoms with Gasteiger partial charge in [-0.2, -0.15) is 5.12 Å². The molecule has 0 aliphatic carbocycles. The molecular weight excluding hydrogens is 198 g/mol. The molecule has 0 amide bonds. The van der Waals surface area contributed by atoms with Crippen LogP contribution in [-0.2, 0) is 6.54 Å². The van der Waals surface area contributed by atoms with E-state index in [1.54, 1.807) is 0 Å². The van der Waals surface area contributed by atoms with Crippen LogP contribution in [0.15, 0.2) is 30.3 Å². The van der Waals surface area contributed by atoms with Crippen molar-refractivity contribution in [1.29, 1.82) is 0 Å². The fraction of sp³-hybridized carbons (Fsp3) is 0.538. The average Bonchev–Trinajstić information content (AvgIpc) is 2.16. The largest absolute Gasteiger partial charge is 0.236 e. The number of nitrogens with zero attached hydrogens (tertiary/aromatic N) is 2. The van der Waals surface area contributed by atoms with Crippen LogP contribution in [0.1, 0.15) is 26.3 Å². The van der Waals surface area contributed by atoms with Gasteiger partial charge in [-0.25, -0.2) is 10.4 Å². The molecule has 1 aromatic rings.